The topological polar surface area (TPSA) is 40.5 Å². The maximum absolute atomic E-state index is 10.2. The molecule has 0 saturated carbocycles. The van der Waals surface area contributed by atoms with E-state index in [2.05, 4.69) is 32.1 Å². The van der Waals surface area contributed by atoms with E-state index in [4.69, 9.17) is 0 Å². The van der Waals surface area contributed by atoms with Crippen LogP contribution in [0.2, 0.25) is 0 Å². The van der Waals surface area contributed by atoms with Crippen LogP contribution in [0.1, 0.15) is 64.0 Å². The molecule has 2 N–H and O–H groups in total. The molecule has 0 atom stereocenters. The number of benzene rings is 1. The van der Waals surface area contributed by atoms with Crippen LogP contribution in [0.25, 0.3) is 0 Å². The van der Waals surface area contributed by atoms with E-state index in [1.54, 1.807) is 12.1 Å². The Kier molecular flexibility index (Phi) is 8.42. The molecule has 0 amide bonds. The third kappa shape index (κ3) is 6.38. The van der Waals surface area contributed by atoms with E-state index < -0.39 is 0 Å². The van der Waals surface area contributed by atoms with Gasteiger partial charge in [-0.1, -0.05) is 43.6 Å². The van der Waals surface area contributed by atoms with Gasteiger partial charge in [0, 0.05) is 5.56 Å². The number of hydrogen-bond donors (Lipinski definition) is 2. The Morgan fingerprint density at radius 1 is 1.14 bits per heavy atom. The van der Waals surface area contributed by atoms with Gasteiger partial charge >= 0.3 is 0 Å². The summed E-state index contributed by atoms with van der Waals surface area (Å²) in [6.07, 6.45) is 13.3. The summed E-state index contributed by atoms with van der Waals surface area (Å²) >= 11 is 0. The van der Waals surface area contributed by atoms with E-state index >= 15 is 0 Å². The van der Waals surface area contributed by atoms with Gasteiger partial charge in [0.1, 0.15) is 11.5 Å². The third-order valence-electron chi connectivity index (χ3n) is 3.93. The summed E-state index contributed by atoms with van der Waals surface area (Å²) in [4.78, 5) is 0. The lowest BCUT2D eigenvalue weighted by Gasteiger charge is -2.09. The van der Waals surface area contributed by atoms with Crippen LogP contribution in [0.15, 0.2) is 35.9 Å². The number of hydrogen-bond acceptors (Lipinski definition) is 2. The molecule has 0 spiro atoms. The number of rotatable bonds is 9. The lowest BCUT2D eigenvalue weighted by atomic mass is 10.0. The fraction of sp³-hybridized carbons (Fsp3) is 0.500. The minimum Gasteiger partial charge on any atom is -0.508 e. The largest absolute Gasteiger partial charge is 0.508 e. The van der Waals surface area contributed by atoms with Crippen molar-refractivity contribution in [2.75, 3.05) is 0 Å². The van der Waals surface area contributed by atoms with Crippen LogP contribution in [0.4, 0.5) is 0 Å². The normalized spacial score (nSPS) is 12.2. The van der Waals surface area contributed by atoms with E-state index in [0.717, 1.165) is 31.2 Å². The van der Waals surface area contributed by atoms with Crippen LogP contribution < -0.4 is 0 Å². The van der Waals surface area contributed by atoms with Crippen LogP contribution in [-0.4, -0.2) is 10.2 Å². The van der Waals surface area contributed by atoms with Crippen molar-refractivity contribution in [3.8, 4) is 11.5 Å². The maximum Gasteiger partial charge on any atom is 0.123 e. The van der Waals surface area contributed by atoms with Crippen LogP contribution in [0, 0.1) is 0 Å². The van der Waals surface area contributed by atoms with Crippen molar-refractivity contribution in [2.45, 2.75) is 65.7 Å². The standard InChI is InChI=1S/C20H30O2/c1-4-6-8-10-16(3)12-13-18-19(21)14-17(15-20(18)22)11-9-7-5-2/h4,6,12,14-15,21-22H,5,7-11,13H2,1-3H3/b6-4-,16-12+. The Morgan fingerprint density at radius 3 is 2.41 bits per heavy atom. The molecular formula is C20H30O2. The van der Waals surface area contributed by atoms with Crippen LogP contribution in [0.3, 0.4) is 0 Å². The Morgan fingerprint density at radius 2 is 1.82 bits per heavy atom. The van der Waals surface area contributed by atoms with Gasteiger partial charge in [0.15, 0.2) is 0 Å². The Balaban J connectivity index is 2.69. The summed E-state index contributed by atoms with van der Waals surface area (Å²) in [7, 11) is 0. The molecule has 22 heavy (non-hydrogen) atoms. The predicted molar refractivity (Wildman–Crippen MR) is 94.5 cm³/mol. The highest BCUT2D eigenvalue weighted by Gasteiger charge is 2.09. The summed E-state index contributed by atoms with van der Waals surface area (Å²) < 4.78 is 0. The molecule has 0 aliphatic rings. The number of aromatic hydroxyl groups is 2. The molecule has 122 valence electrons. The minimum atomic E-state index is 0.212. The second-order valence-corrected chi connectivity index (χ2v) is 5.93. The molecule has 0 unspecified atom stereocenters. The summed E-state index contributed by atoms with van der Waals surface area (Å²) in [6, 6.07) is 3.60. The summed E-state index contributed by atoms with van der Waals surface area (Å²) in [5.74, 6) is 0.424. The Hall–Kier alpha value is -1.70. The van der Waals surface area contributed by atoms with Gasteiger partial charge in [-0.25, -0.2) is 0 Å². The van der Waals surface area contributed by atoms with Gasteiger partial charge in [-0.3, -0.25) is 0 Å². The molecule has 0 bridgehead atoms. The quantitative estimate of drug-likeness (QED) is 0.455. The second kappa shape index (κ2) is 10.1. The van der Waals surface area contributed by atoms with Crippen molar-refractivity contribution in [2.24, 2.45) is 0 Å². The highest BCUT2D eigenvalue weighted by atomic mass is 16.3. The van der Waals surface area contributed by atoms with Crippen molar-refractivity contribution in [3.05, 3.63) is 47.1 Å². The molecule has 0 aliphatic carbocycles. The first-order valence-electron chi connectivity index (χ1n) is 8.39. The molecule has 1 aromatic carbocycles. The highest BCUT2D eigenvalue weighted by molar-refractivity contribution is 5.47. The first-order valence-corrected chi connectivity index (χ1v) is 8.39. The zero-order valence-corrected chi connectivity index (χ0v) is 14.2. The zero-order valence-electron chi connectivity index (χ0n) is 14.2. The van der Waals surface area contributed by atoms with Crippen molar-refractivity contribution in [1.29, 1.82) is 0 Å². The molecule has 1 aromatic rings. The second-order valence-electron chi connectivity index (χ2n) is 5.93. The molecule has 1 rings (SSSR count). The fourth-order valence-electron chi connectivity index (χ4n) is 2.49. The van der Waals surface area contributed by atoms with Crippen molar-refractivity contribution in [1.82, 2.24) is 0 Å². The zero-order chi connectivity index (χ0) is 16.4. The number of phenolic OH excluding ortho intramolecular Hbond substituents is 2. The van der Waals surface area contributed by atoms with Gasteiger partial charge in [0.05, 0.1) is 0 Å². The van der Waals surface area contributed by atoms with Crippen molar-refractivity contribution in [3.63, 3.8) is 0 Å². The van der Waals surface area contributed by atoms with Gasteiger partial charge in [-0.2, -0.15) is 0 Å². The lowest BCUT2D eigenvalue weighted by Crippen LogP contribution is -1.91. The molecule has 0 saturated heterocycles. The first-order chi connectivity index (χ1) is 10.6. The van der Waals surface area contributed by atoms with Crippen LogP contribution in [-0.2, 0) is 12.8 Å². The van der Waals surface area contributed by atoms with Gasteiger partial charge in [-0.05, 0) is 63.6 Å². The highest BCUT2D eigenvalue weighted by Crippen LogP contribution is 2.30. The van der Waals surface area contributed by atoms with E-state index in [9.17, 15) is 10.2 Å². The van der Waals surface area contributed by atoms with Crippen LogP contribution >= 0.6 is 0 Å². The lowest BCUT2D eigenvalue weighted by molar-refractivity contribution is 0.439. The number of allylic oxidation sites excluding steroid dienone is 4. The molecule has 0 aromatic heterocycles. The van der Waals surface area contributed by atoms with E-state index in [1.807, 2.05) is 6.92 Å². The SMILES string of the molecule is C/C=C\CC/C(C)=C/Cc1c(O)cc(CCCCC)cc1O. The van der Waals surface area contributed by atoms with Crippen LogP contribution in [0.5, 0.6) is 11.5 Å². The molecular weight excluding hydrogens is 272 g/mol. The maximum atomic E-state index is 10.2. The van der Waals surface area contributed by atoms with E-state index in [0.29, 0.717) is 12.0 Å². The predicted octanol–water partition coefficient (Wildman–Crippen LogP) is 5.68. The number of phenols is 2. The van der Waals surface area contributed by atoms with E-state index in [-0.39, 0.29) is 11.5 Å². The molecule has 0 fully saturated rings. The van der Waals surface area contributed by atoms with Crippen molar-refractivity contribution < 1.29 is 10.2 Å². The Labute approximate surface area is 135 Å². The fourth-order valence-corrected chi connectivity index (χ4v) is 2.49. The average molecular weight is 302 g/mol. The summed E-state index contributed by atoms with van der Waals surface area (Å²) in [5.41, 5.74) is 2.93. The first kappa shape index (κ1) is 18.3. The number of unbranched alkanes of at least 4 members (excludes halogenated alkanes) is 2. The molecule has 2 heteroatoms. The number of aryl methyl sites for hydroxylation is 1. The monoisotopic (exact) mass is 302 g/mol. The minimum absolute atomic E-state index is 0.212. The molecule has 0 radical (unpaired) electrons. The van der Waals surface area contributed by atoms with E-state index in [1.165, 1.54) is 18.4 Å². The molecule has 0 heterocycles. The van der Waals surface area contributed by atoms with Gasteiger partial charge < -0.3 is 10.2 Å². The van der Waals surface area contributed by atoms with Gasteiger partial charge in [0.2, 0.25) is 0 Å². The van der Waals surface area contributed by atoms with Crippen molar-refractivity contribution >= 4 is 0 Å². The average Bonchev–Trinajstić information content (AvgIpc) is 2.47. The smallest absolute Gasteiger partial charge is 0.123 e. The summed E-state index contributed by atoms with van der Waals surface area (Å²) in [5, 5.41) is 20.3. The molecule has 2 nitrogen and oxygen atoms in total. The Bertz CT molecular complexity index is 489. The third-order valence-corrected chi connectivity index (χ3v) is 3.93. The van der Waals surface area contributed by atoms with Gasteiger partial charge in [-0.15, -0.1) is 0 Å². The summed E-state index contributed by atoms with van der Waals surface area (Å²) in [6.45, 7) is 6.29. The van der Waals surface area contributed by atoms with Gasteiger partial charge in [0.25, 0.3) is 0 Å². The molecule has 0 aliphatic heterocycles.